The number of rotatable bonds is 6. The topological polar surface area (TPSA) is 88.3 Å². The van der Waals surface area contributed by atoms with Crippen LogP contribution in [-0.4, -0.2) is 50.2 Å². The predicted molar refractivity (Wildman–Crippen MR) is 112 cm³/mol. The molecule has 29 heavy (non-hydrogen) atoms. The maximum Gasteiger partial charge on any atom is 0.308 e. The van der Waals surface area contributed by atoms with Gasteiger partial charge in [-0.25, -0.2) is 9.67 Å². The summed E-state index contributed by atoms with van der Waals surface area (Å²) in [4.78, 5) is 30.7. The molecule has 2 heterocycles. The lowest BCUT2D eigenvalue weighted by Crippen LogP contribution is -2.33. The average Bonchev–Trinajstić information content (AvgIpc) is 3.11. The molecule has 7 heteroatoms. The number of hydrogen-bond acceptors (Lipinski definition) is 4. The summed E-state index contributed by atoms with van der Waals surface area (Å²) in [5.41, 5.74) is 3.81. The number of pyridine rings is 1. The molecular formula is C22H26N4O3. The number of aromatic nitrogens is 3. The lowest BCUT2D eigenvalue weighted by molar-refractivity contribution is -0.141. The normalized spacial score (nSPS) is 12.3. The molecule has 1 unspecified atom stereocenters. The minimum Gasteiger partial charge on any atom is -0.481 e. The number of carboxylic acids is 1. The Morgan fingerprint density at radius 2 is 1.90 bits per heavy atom. The molecular weight excluding hydrogens is 368 g/mol. The van der Waals surface area contributed by atoms with E-state index in [0.717, 1.165) is 11.1 Å². The number of carboxylic acid groups (broad SMARTS) is 1. The standard InChI is InChI=1S/C22H26N4O3/c1-13(2)26-20-18(11-23-26)17(21(27)25(5)12-15(4)22(28)29)10-19(24-20)16-9-7-6-8-14(16)3/h6-11,13,15H,12H2,1-5H3,(H,28,29). The van der Waals surface area contributed by atoms with E-state index in [0.29, 0.717) is 22.3 Å². The van der Waals surface area contributed by atoms with Crippen LogP contribution in [0.3, 0.4) is 0 Å². The summed E-state index contributed by atoms with van der Waals surface area (Å²) in [7, 11) is 1.62. The van der Waals surface area contributed by atoms with Crippen LogP contribution in [0.15, 0.2) is 36.5 Å². The third-order valence-electron chi connectivity index (χ3n) is 5.02. The zero-order valence-corrected chi connectivity index (χ0v) is 17.4. The van der Waals surface area contributed by atoms with Crippen molar-refractivity contribution in [2.45, 2.75) is 33.7 Å². The van der Waals surface area contributed by atoms with Crippen molar-refractivity contribution in [3.8, 4) is 11.3 Å². The lowest BCUT2D eigenvalue weighted by Gasteiger charge is -2.20. The summed E-state index contributed by atoms with van der Waals surface area (Å²) in [6.07, 6.45) is 1.66. The average molecular weight is 394 g/mol. The van der Waals surface area contributed by atoms with Gasteiger partial charge in [-0.1, -0.05) is 31.2 Å². The Kier molecular flexibility index (Phi) is 5.68. The third-order valence-corrected chi connectivity index (χ3v) is 5.02. The Balaban J connectivity index is 2.16. The summed E-state index contributed by atoms with van der Waals surface area (Å²) < 4.78 is 1.80. The summed E-state index contributed by atoms with van der Waals surface area (Å²) in [5, 5.41) is 14.3. The molecule has 0 spiro atoms. The van der Waals surface area contributed by atoms with Crippen molar-refractivity contribution in [1.29, 1.82) is 0 Å². The molecule has 0 bridgehead atoms. The van der Waals surface area contributed by atoms with Gasteiger partial charge in [0.15, 0.2) is 5.65 Å². The van der Waals surface area contributed by atoms with Gasteiger partial charge < -0.3 is 10.0 Å². The molecule has 0 aliphatic rings. The Labute approximate surface area is 170 Å². The van der Waals surface area contributed by atoms with Gasteiger partial charge in [-0.3, -0.25) is 9.59 Å². The van der Waals surface area contributed by atoms with Crippen molar-refractivity contribution in [1.82, 2.24) is 19.7 Å². The molecule has 3 rings (SSSR count). The van der Waals surface area contributed by atoms with Crippen LogP contribution >= 0.6 is 0 Å². The molecule has 1 aromatic carbocycles. The van der Waals surface area contributed by atoms with Crippen molar-refractivity contribution in [2.75, 3.05) is 13.6 Å². The van der Waals surface area contributed by atoms with E-state index in [-0.39, 0.29) is 18.5 Å². The number of aryl methyl sites for hydroxylation is 1. The molecule has 2 aromatic heterocycles. The van der Waals surface area contributed by atoms with Crippen LogP contribution in [-0.2, 0) is 4.79 Å². The molecule has 1 amide bonds. The van der Waals surface area contributed by atoms with Gasteiger partial charge in [0, 0.05) is 25.2 Å². The molecule has 0 radical (unpaired) electrons. The SMILES string of the molecule is Cc1ccccc1-c1cc(C(=O)N(C)CC(C)C(=O)O)c2cnn(C(C)C)c2n1. The van der Waals surface area contributed by atoms with E-state index in [9.17, 15) is 14.7 Å². The Hall–Kier alpha value is -3.22. The zero-order chi connectivity index (χ0) is 21.3. The van der Waals surface area contributed by atoms with Crippen LogP contribution in [0.2, 0.25) is 0 Å². The van der Waals surface area contributed by atoms with Crippen molar-refractivity contribution in [3.63, 3.8) is 0 Å². The van der Waals surface area contributed by atoms with Gasteiger partial charge in [0.1, 0.15) is 0 Å². The second kappa shape index (κ2) is 8.03. The first kappa shape index (κ1) is 20.5. The van der Waals surface area contributed by atoms with Gasteiger partial charge in [-0.2, -0.15) is 5.10 Å². The monoisotopic (exact) mass is 394 g/mol. The lowest BCUT2D eigenvalue weighted by atomic mass is 10.0. The maximum absolute atomic E-state index is 13.2. The highest BCUT2D eigenvalue weighted by molar-refractivity contribution is 6.06. The second-order valence-electron chi connectivity index (χ2n) is 7.72. The van der Waals surface area contributed by atoms with E-state index in [1.807, 2.05) is 45.0 Å². The van der Waals surface area contributed by atoms with Gasteiger partial charge in [0.05, 0.1) is 28.8 Å². The molecule has 0 fully saturated rings. The summed E-state index contributed by atoms with van der Waals surface area (Å²) in [6, 6.07) is 9.74. The van der Waals surface area contributed by atoms with Crippen LogP contribution in [0, 0.1) is 12.8 Å². The number of carbonyl (C=O) groups is 2. The first-order valence-electron chi connectivity index (χ1n) is 9.63. The van der Waals surface area contributed by atoms with Gasteiger partial charge in [0.25, 0.3) is 5.91 Å². The summed E-state index contributed by atoms with van der Waals surface area (Å²) in [5.74, 6) is -1.84. The molecule has 0 aliphatic heterocycles. The Morgan fingerprint density at radius 1 is 1.21 bits per heavy atom. The van der Waals surface area contributed by atoms with Crippen LogP contribution < -0.4 is 0 Å². The van der Waals surface area contributed by atoms with Gasteiger partial charge >= 0.3 is 5.97 Å². The molecule has 1 N–H and O–H groups in total. The molecule has 152 valence electrons. The zero-order valence-electron chi connectivity index (χ0n) is 17.4. The van der Waals surface area contributed by atoms with E-state index < -0.39 is 11.9 Å². The Morgan fingerprint density at radius 3 is 2.52 bits per heavy atom. The summed E-state index contributed by atoms with van der Waals surface area (Å²) >= 11 is 0. The fourth-order valence-electron chi connectivity index (χ4n) is 3.35. The van der Waals surface area contributed by atoms with Crippen LogP contribution in [0.25, 0.3) is 22.3 Å². The number of aliphatic carboxylic acids is 1. The highest BCUT2D eigenvalue weighted by atomic mass is 16.4. The van der Waals surface area contributed by atoms with Crippen molar-refractivity contribution in [2.24, 2.45) is 5.92 Å². The highest BCUT2D eigenvalue weighted by Gasteiger charge is 2.23. The molecule has 7 nitrogen and oxygen atoms in total. The molecule has 0 saturated heterocycles. The van der Waals surface area contributed by atoms with E-state index in [1.54, 1.807) is 30.9 Å². The quantitative estimate of drug-likeness (QED) is 0.687. The first-order valence-corrected chi connectivity index (χ1v) is 9.63. The van der Waals surface area contributed by atoms with Gasteiger partial charge in [-0.15, -0.1) is 0 Å². The molecule has 3 aromatic rings. The minimum absolute atomic E-state index is 0.0832. The number of fused-ring (bicyclic) bond motifs is 1. The smallest absolute Gasteiger partial charge is 0.308 e. The van der Waals surface area contributed by atoms with Crippen LogP contribution in [0.1, 0.15) is 42.7 Å². The molecule has 0 aliphatic carbocycles. The summed E-state index contributed by atoms with van der Waals surface area (Å²) in [6.45, 7) is 7.73. The Bertz CT molecular complexity index is 1070. The predicted octanol–water partition coefficient (Wildman–Crippen LogP) is 3.78. The second-order valence-corrected chi connectivity index (χ2v) is 7.72. The van der Waals surface area contributed by atoms with E-state index in [2.05, 4.69) is 5.10 Å². The number of hydrogen-bond donors (Lipinski definition) is 1. The number of amides is 1. The first-order chi connectivity index (χ1) is 13.7. The van der Waals surface area contributed by atoms with Crippen LogP contribution in [0.5, 0.6) is 0 Å². The van der Waals surface area contributed by atoms with E-state index >= 15 is 0 Å². The van der Waals surface area contributed by atoms with E-state index in [4.69, 9.17) is 4.98 Å². The van der Waals surface area contributed by atoms with Crippen molar-refractivity contribution < 1.29 is 14.7 Å². The molecule has 0 saturated carbocycles. The largest absolute Gasteiger partial charge is 0.481 e. The fraction of sp³-hybridized carbons (Fsp3) is 0.364. The fourth-order valence-corrected chi connectivity index (χ4v) is 3.35. The minimum atomic E-state index is -0.933. The number of benzene rings is 1. The number of carbonyl (C=O) groups excluding carboxylic acids is 1. The third kappa shape index (κ3) is 3.99. The van der Waals surface area contributed by atoms with E-state index in [1.165, 1.54) is 4.90 Å². The number of nitrogens with zero attached hydrogens (tertiary/aromatic N) is 4. The van der Waals surface area contributed by atoms with Gasteiger partial charge in [-0.05, 0) is 32.4 Å². The van der Waals surface area contributed by atoms with Crippen molar-refractivity contribution in [3.05, 3.63) is 47.7 Å². The van der Waals surface area contributed by atoms with Gasteiger partial charge in [0.2, 0.25) is 0 Å². The molecule has 1 atom stereocenters. The van der Waals surface area contributed by atoms with Crippen LogP contribution in [0.4, 0.5) is 0 Å². The maximum atomic E-state index is 13.2. The highest BCUT2D eigenvalue weighted by Crippen LogP contribution is 2.28. The van der Waals surface area contributed by atoms with Crippen molar-refractivity contribution >= 4 is 22.9 Å².